The molecule has 10 nitrogen and oxygen atoms in total. The van der Waals surface area contributed by atoms with Crippen LogP contribution in [-0.2, 0) is 25.0 Å². The van der Waals surface area contributed by atoms with Gasteiger partial charge in [0.15, 0.2) is 5.78 Å². The van der Waals surface area contributed by atoms with E-state index in [1.807, 2.05) is 0 Å². The molecule has 0 saturated carbocycles. The average molecular weight is 517 g/mol. The number of carboxylic acids is 1. The Morgan fingerprint density at radius 1 is 0.879 bits per heavy atom. The zero-order valence-electron chi connectivity index (χ0n) is 17.4. The van der Waals surface area contributed by atoms with Crippen molar-refractivity contribution in [3.05, 3.63) is 87.9 Å². The maximum Gasteiger partial charge on any atom is 2.00 e. The molecule has 0 bridgehead atoms. The van der Waals surface area contributed by atoms with Crippen LogP contribution < -0.4 is 5.11 Å². The van der Waals surface area contributed by atoms with Gasteiger partial charge in [-0.25, -0.2) is 21.6 Å². The van der Waals surface area contributed by atoms with E-state index < -0.39 is 47.5 Å². The van der Waals surface area contributed by atoms with Crippen molar-refractivity contribution < 1.29 is 47.2 Å². The van der Waals surface area contributed by atoms with Gasteiger partial charge in [0.2, 0.25) is 0 Å². The zero-order chi connectivity index (χ0) is 23.8. The Hall–Kier alpha value is -2.32. The van der Waals surface area contributed by atoms with Crippen LogP contribution in [0.25, 0.3) is 5.57 Å². The second-order valence-electron chi connectivity index (χ2n) is 6.49. The van der Waals surface area contributed by atoms with Gasteiger partial charge in [-0.3, -0.25) is 4.79 Å². The van der Waals surface area contributed by atoms with Crippen molar-refractivity contribution in [1.29, 1.82) is 0 Å². The molecule has 0 unspecified atom stereocenters. The predicted molar refractivity (Wildman–Crippen MR) is 112 cm³/mol. The van der Waals surface area contributed by atoms with E-state index in [9.17, 15) is 45.7 Å². The Kier molecular flexibility index (Phi) is 8.07. The normalized spacial score (nSPS) is 15.5. The summed E-state index contributed by atoms with van der Waals surface area (Å²) < 4.78 is 68.8. The third-order valence-corrected chi connectivity index (χ3v) is 6.12. The SMILES string of the molecule is O=C1C=CC(=C(c2cccc(C(=O)O)c2)c2ccc([O-])c(S(=O)(=O)[O-])c2)C=C1S(=O)(=O)[O-].[Ca+2].[H+]. The summed E-state index contributed by atoms with van der Waals surface area (Å²) in [6, 6.07) is 7.86. The first-order chi connectivity index (χ1) is 14.8. The molecule has 3 rings (SSSR count). The van der Waals surface area contributed by atoms with E-state index in [-0.39, 0.29) is 67.0 Å². The van der Waals surface area contributed by atoms with Gasteiger partial charge in [-0.05, 0) is 52.6 Å². The molecule has 33 heavy (non-hydrogen) atoms. The van der Waals surface area contributed by atoms with Crippen LogP contribution in [0.4, 0.5) is 0 Å². The van der Waals surface area contributed by atoms with Crippen molar-refractivity contribution in [3.8, 4) is 5.75 Å². The minimum Gasteiger partial charge on any atom is -0.872 e. The molecule has 13 heteroatoms. The van der Waals surface area contributed by atoms with Crippen molar-refractivity contribution >= 4 is 75.3 Å². The fourth-order valence-electron chi connectivity index (χ4n) is 3.03. The first kappa shape index (κ1) is 26.9. The fourth-order valence-corrected chi connectivity index (χ4v) is 4.20. The number of carbonyl (C=O) groups is 2. The Morgan fingerprint density at radius 3 is 2.06 bits per heavy atom. The fraction of sp³-hybridized carbons (Fsp3) is 0. The first-order valence-corrected chi connectivity index (χ1v) is 11.4. The molecule has 2 aromatic rings. The molecule has 0 amide bonds. The van der Waals surface area contributed by atoms with Gasteiger partial charge >= 0.3 is 45.1 Å². The van der Waals surface area contributed by atoms with Gasteiger partial charge in [-0.15, -0.1) is 0 Å². The number of carboxylic acid groups (broad SMARTS) is 1. The number of benzene rings is 2. The molecule has 0 radical (unpaired) electrons. The van der Waals surface area contributed by atoms with E-state index in [1.165, 1.54) is 24.3 Å². The van der Waals surface area contributed by atoms with Gasteiger partial charge in [-0.1, -0.05) is 36.1 Å². The van der Waals surface area contributed by atoms with Crippen LogP contribution in [0.2, 0.25) is 0 Å². The maximum absolute atomic E-state index is 11.9. The average Bonchev–Trinajstić information content (AvgIpc) is 2.69. The quantitative estimate of drug-likeness (QED) is 0.431. The Morgan fingerprint density at radius 2 is 1.48 bits per heavy atom. The first-order valence-electron chi connectivity index (χ1n) is 8.54. The van der Waals surface area contributed by atoms with E-state index in [2.05, 4.69) is 0 Å². The molecule has 1 N–H and O–H groups in total. The zero-order valence-corrected chi connectivity index (χ0v) is 20.3. The second-order valence-corrected chi connectivity index (χ2v) is 9.19. The molecule has 166 valence electrons. The Bertz CT molecular complexity index is 1470. The summed E-state index contributed by atoms with van der Waals surface area (Å²) in [5, 5.41) is 21.1. The summed E-state index contributed by atoms with van der Waals surface area (Å²) in [5.74, 6) is -3.47. The van der Waals surface area contributed by atoms with Crippen LogP contribution in [0, 0.1) is 0 Å². The monoisotopic (exact) mass is 516 g/mol. The molecule has 0 aliphatic heterocycles. The van der Waals surface area contributed by atoms with Crippen molar-refractivity contribution in [2.24, 2.45) is 0 Å². The summed E-state index contributed by atoms with van der Waals surface area (Å²) in [7, 11) is -10.4. The minimum atomic E-state index is -5.18. The molecular weight excluding hydrogens is 504 g/mol. The van der Waals surface area contributed by atoms with Crippen LogP contribution in [0.5, 0.6) is 5.75 Å². The third kappa shape index (κ3) is 5.98. The molecular formula is C20H12CaO10S2. The number of allylic oxidation sites excluding steroid dienone is 5. The summed E-state index contributed by atoms with van der Waals surface area (Å²) in [4.78, 5) is 21.1. The number of carbonyl (C=O) groups excluding carboxylic acids is 1. The number of hydrogen-bond acceptors (Lipinski definition) is 9. The van der Waals surface area contributed by atoms with Gasteiger partial charge in [0.1, 0.15) is 25.1 Å². The molecule has 0 saturated heterocycles. The number of aromatic carboxylic acids is 1. The molecule has 0 aromatic heterocycles. The summed E-state index contributed by atoms with van der Waals surface area (Å²) in [6.45, 7) is 0. The van der Waals surface area contributed by atoms with Crippen molar-refractivity contribution in [2.45, 2.75) is 4.90 Å². The van der Waals surface area contributed by atoms with Crippen molar-refractivity contribution in [3.63, 3.8) is 0 Å². The van der Waals surface area contributed by atoms with E-state index in [4.69, 9.17) is 0 Å². The van der Waals surface area contributed by atoms with Gasteiger partial charge in [0.25, 0.3) is 0 Å². The van der Waals surface area contributed by atoms with Crippen LogP contribution in [-0.4, -0.2) is 80.5 Å². The molecule has 0 atom stereocenters. The summed E-state index contributed by atoms with van der Waals surface area (Å²) in [5.41, 5.74) is -0.244. The molecule has 1 aliphatic carbocycles. The van der Waals surface area contributed by atoms with E-state index in [0.717, 1.165) is 36.4 Å². The van der Waals surface area contributed by atoms with E-state index >= 15 is 0 Å². The minimum absolute atomic E-state index is 0. The largest absolute Gasteiger partial charge is 2.00 e. The Labute approximate surface area is 219 Å². The molecule has 2 aromatic carbocycles. The van der Waals surface area contributed by atoms with Gasteiger partial charge in [0, 0.05) is 4.90 Å². The Balaban J connectivity index is 0.00000289. The number of ketones is 1. The van der Waals surface area contributed by atoms with Crippen LogP contribution in [0.15, 0.2) is 76.1 Å². The summed E-state index contributed by atoms with van der Waals surface area (Å²) in [6.07, 6.45) is 2.69. The summed E-state index contributed by atoms with van der Waals surface area (Å²) >= 11 is 0. The van der Waals surface area contributed by atoms with Crippen molar-refractivity contribution in [2.75, 3.05) is 0 Å². The van der Waals surface area contributed by atoms with Crippen LogP contribution in [0.1, 0.15) is 22.9 Å². The standard InChI is InChI=1S/C20H14O10S2.Ca/c21-15-6-4-12(9-17(15)31(25,26)27)19(11-2-1-3-14(8-11)20(23)24)13-5-7-16(22)18(10-13)32(28,29)30;/h1-10,21H,(H,23,24)(H,25,26,27)(H,28,29,30);/q;+2/p-2. The number of rotatable bonds is 5. The van der Waals surface area contributed by atoms with Crippen LogP contribution >= 0.6 is 0 Å². The van der Waals surface area contributed by atoms with Gasteiger partial charge in [0.05, 0.1) is 5.56 Å². The van der Waals surface area contributed by atoms with Crippen molar-refractivity contribution in [1.82, 2.24) is 0 Å². The predicted octanol–water partition coefficient (Wildman–Crippen LogP) is 0.464. The third-order valence-electron chi connectivity index (χ3n) is 4.40. The van der Waals surface area contributed by atoms with Gasteiger partial charge < -0.3 is 19.3 Å². The van der Waals surface area contributed by atoms with Gasteiger partial charge in [-0.2, -0.15) is 0 Å². The molecule has 1 aliphatic rings. The topological polar surface area (TPSA) is 192 Å². The maximum atomic E-state index is 11.9. The molecule has 0 spiro atoms. The smallest absolute Gasteiger partial charge is 0.872 e. The van der Waals surface area contributed by atoms with E-state index in [1.54, 1.807) is 0 Å². The molecule has 0 heterocycles. The second kappa shape index (κ2) is 9.89. The van der Waals surface area contributed by atoms with E-state index in [0.29, 0.717) is 0 Å². The molecule has 0 fully saturated rings. The number of hydrogen-bond donors (Lipinski definition) is 1. The van der Waals surface area contributed by atoms with Crippen LogP contribution in [0.3, 0.4) is 0 Å².